The lowest BCUT2D eigenvalue weighted by molar-refractivity contribution is 0.296. The van der Waals surface area contributed by atoms with Gasteiger partial charge in [-0.3, -0.25) is 9.21 Å². The lowest BCUT2D eigenvalue weighted by Gasteiger charge is -2.20. The molecule has 2 rings (SSSR count). The molecule has 0 N–H and O–H groups in total. The third kappa shape index (κ3) is 7.80. The fraction of sp³-hybridized carbons (Fsp3) is 0.360. The minimum absolute atomic E-state index is 0.0406. The number of nitrogens with zero attached hydrogens (tertiary/aromatic N) is 2. The SMILES string of the molecule is C=CCN(CC=C)CCCCCCOc1ccc(N(C)S(=O)(=O)c2ccc(F)cc2)cc1. The highest BCUT2D eigenvalue weighted by atomic mass is 32.2. The van der Waals surface area contributed by atoms with E-state index in [0.29, 0.717) is 18.0 Å². The van der Waals surface area contributed by atoms with Crippen LogP contribution in [0.4, 0.5) is 10.1 Å². The fourth-order valence-electron chi connectivity index (χ4n) is 3.26. The van der Waals surface area contributed by atoms with Crippen LogP contribution in [0.1, 0.15) is 25.7 Å². The van der Waals surface area contributed by atoms with Crippen molar-refractivity contribution in [3.8, 4) is 5.75 Å². The Balaban J connectivity index is 1.75. The molecule has 0 aliphatic carbocycles. The molecule has 0 saturated carbocycles. The Bertz CT molecular complexity index is 934. The van der Waals surface area contributed by atoms with Crippen LogP contribution in [-0.4, -0.2) is 46.6 Å². The molecule has 5 nitrogen and oxygen atoms in total. The molecule has 0 aliphatic heterocycles. The summed E-state index contributed by atoms with van der Waals surface area (Å²) in [4.78, 5) is 2.35. The van der Waals surface area contributed by atoms with Crippen molar-refractivity contribution in [1.82, 2.24) is 4.90 Å². The Kier molecular flexibility index (Phi) is 10.4. The lowest BCUT2D eigenvalue weighted by atomic mass is 10.2. The Hall–Kier alpha value is -2.64. The number of ether oxygens (including phenoxy) is 1. The maximum atomic E-state index is 13.1. The second-order valence-corrected chi connectivity index (χ2v) is 9.49. The van der Waals surface area contributed by atoms with Crippen molar-refractivity contribution in [3.05, 3.63) is 79.7 Å². The minimum Gasteiger partial charge on any atom is -0.494 e. The number of sulfonamides is 1. The van der Waals surface area contributed by atoms with Gasteiger partial charge in [-0.25, -0.2) is 12.8 Å². The summed E-state index contributed by atoms with van der Waals surface area (Å²) in [5, 5.41) is 0. The monoisotopic (exact) mass is 460 g/mol. The minimum atomic E-state index is -3.75. The van der Waals surface area contributed by atoms with Gasteiger partial charge in [-0.15, -0.1) is 13.2 Å². The maximum Gasteiger partial charge on any atom is 0.264 e. The molecule has 7 heteroatoms. The van der Waals surface area contributed by atoms with Gasteiger partial charge in [0.05, 0.1) is 17.2 Å². The van der Waals surface area contributed by atoms with E-state index in [0.717, 1.165) is 57.5 Å². The molecule has 2 aromatic carbocycles. The van der Waals surface area contributed by atoms with Crippen molar-refractivity contribution in [2.45, 2.75) is 30.6 Å². The Morgan fingerprint density at radius 1 is 0.906 bits per heavy atom. The van der Waals surface area contributed by atoms with E-state index in [2.05, 4.69) is 18.1 Å². The molecular formula is C25H33FN2O3S. The van der Waals surface area contributed by atoms with E-state index >= 15 is 0 Å². The normalized spacial score (nSPS) is 11.3. The molecule has 0 radical (unpaired) electrons. The first-order valence-corrected chi connectivity index (χ1v) is 12.2. The summed E-state index contributed by atoms with van der Waals surface area (Å²) in [5.74, 6) is 0.222. The van der Waals surface area contributed by atoms with Gasteiger partial charge in [0.15, 0.2) is 0 Å². The van der Waals surface area contributed by atoms with Crippen LogP contribution in [0.15, 0.2) is 78.7 Å². The summed E-state index contributed by atoms with van der Waals surface area (Å²) in [6.45, 7) is 11.0. The molecule has 32 heavy (non-hydrogen) atoms. The molecule has 0 unspecified atom stereocenters. The van der Waals surface area contributed by atoms with E-state index in [9.17, 15) is 12.8 Å². The second-order valence-electron chi connectivity index (χ2n) is 7.52. The van der Waals surface area contributed by atoms with E-state index in [1.54, 1.807) is 24.3 Å². The predicted octanol–water partition coefficient (Wildman–Crippen LogP) is 5.26. The molecule has 0 aromatic heterocycles. The summed E-state index contributed by atoms with van der Waals surface area (Å²) in [7, 11) is -2.28. The van der Waals surface area contributed by atoms with Crippen molar-refractivity contribution in [3.63, 3.8) is 0 Å². The van der Waals surface area contributed by atoms with Crippen molar-refractivity contribution < 1.29 is 17.5 Å². The van der Waals surface area contributed by atoms with Gasteiger partial charge in [-0.2, -0.15) is 0 Å². The van der Waals surface area contributed by atoms with Gasteiger partial charge in [0.25, 0.3) is 10.0 Å². The van der Waals surface area contributed by atoms with Crippen LogP contribution >= 0.6 is 0 Å². The van der Waals surface area contributed by atoms with E-state index in [-0.39, 0.29) is 4.90 Å². The lowest BCUT2D eigenvalue weighted by Crippen LogP contribution is -2.26. The highest BCUT2D eigenvalue weighted by Gasteiger charge is 2.21. The first kappa shape index (κ1) is 25.6. The van der Waals surface area contributed by atoms with Gasteiger partial charge in [-0.05, 0) is 67.9 Å². The number of halogens is 1. The third-order valence-electron chi connectivity index (χ3n) is 5.08. The summed E-state index contributed by atoms with van der Waals surface area (Å²) in [5.41, 5.74) is 0.505. The van der Waals surface area contributed by atoms with Crippen molar-refractivity contribution >= 4 is 15.7 Å². The first-order chi connectivity index (χ1) is 15.4. The summed E-state index contributed by atoms with van der Waals surface area (Å²) >= 11 is 0. The number of hydrogen-bond donors (Lipinski definition) is 0. The summed E-state index contributed by atoms with van der Waals surface area (Å²) in [6, 6.07) is 11.7. The molecule has 0 bridgehead atoms. The smallest absolute Gasteiger partial charge is 0.264 e. The highest BCUT2D eigenvalue weighted by Crippen LogP contribution is 2.24. The van der Waals surface area contributed by atoms with Gasteiger partial charge in [0.2, 0.25) is 0 Å². The van der Waals surface area contributed by atoms with E-state index in [1.807, 2.05) is 12.2 Å². The molecule has 0 amide bonds. The maximum absolute atomic E-state index is 13.1. The number of anilines is 1. The van der Waals surface area contributed by atoms with Gasteiger partial charge in [0.1, 0.15) is 11.6 Å². The number of unbranched alkanes of at least 4 members (excludes halogenated alkanes) is 3. The van der Waals surface area contributed by atoms with E-state index < -0.39 is 15.8 Å². The molecular weight excluding hydrogens is 427 g/mol. The van der Waals surface area contributed by atoms with Crippen molar-refractivity contribution in [1.29, 1.82) is 0 Å². The molecule has 0 saturated heterocycles. The fourth-order valence-corrected chi connectivity index (χ4v) is 4.45. The average molecular weight is 461 g/mol. The quantitative estimate of drug-likeness (QED) is 0.269. The van der Waals surface area contributed by atoms with Crippen LogP contribution in [0.5, 0.6) is 5.75 Å². The largest absolute Gasteiger partial charge is 0.494 e. The van der Waals surface area contributed by atoms with Crippen molar-refractivity contribution in [2.75, 3.05) is 37.6 Å². The zero-order valence-corrected chi connectivity index (χ0v) is 19.6. The van der Waals surface area contributed by atoms with Gasteiger partial charge >= 0.3 is 0 Å². The zero-order chi connectivity index (χ0) is 23.4. The van der Waals surface area contributed by atoms with Crippen LogP contribution in [0, 0.1) is 5.82 Å². The first-order valence-electron chi connectivity index (χ1n) is 10.8. The average Bonchev–Trinajstić information content (AvgIpc) is 2.79. The van der Waals surface area contributed by atoms with Crippen LogP contribution in [0.25, 0.3) is 0 Å². The van der Waals surface area contributed by atoms with Gasteiger partial charge in [-0.1, -0.05) is 25.0 Å². The zero-order valence-electron chi connectivity index (χ0n) is 18.7. The van der Waals surface area contributed by atoms with Gasteiger partial charge < -0.3 is 4.74 Å². The number of hydrogen-bond acceptors (Lipinski definition) is 4. The van der Waals surface area contributed by atoms with Crippen LogP contribution in [0.2, 0.25) is 0 Å². The Labute approximate surface area is 191 Å². The van der Waals surface area contributed by atoms with Gasteiger partial charge in [0, 0.05) is 20.1 Å². The summed E-state index contributed by atoms with van der Waals surface area (Å²) < 4.78 is 45.4. The molecule has 0 aliphatic rings. The standard InChI is InChI=1S/C25H33FN2O3S/c1-4-18-28(19-5-2)20-8-6-7-9-21-31-24-14-12-23(13-15-24)27(3)32(29,30)25-16-10-22(26)11-17-25/h4-5,10-17H,1-2,6-9,18-21H2,3H3. The Morgan fingerprint density at radius 2 is 1.50 bits per heavy atom. The number of benzene rings is 2. The topological polar surface area (TPSA) is 49.9 Å². The second kappa shape index (κ2) is 13.0. The van der Waals surface area contributed by atoms with Crippen molar-refractivity contribution in [2.24, 2.45) is 0 Å². The molecule has 0 fully saturated rings. The summed E-state index contributed by atoms with van der Waals surface area (Å²) in [6.07, 6.45) is 8.15. The van der Waals surface area contributed by atoms with Crippen LogP contribution < -0.4 is 9.04 Å². The van der Waals surface area contributed by atoms with Crippen LogP contribution in [0.3, 0.4) is 0 Å². The molecule has 0 heterocycles. The highest BCUT2D eigenvalue weighted by molar-refractivity contribution is 7.92. The molecule has 0 atom stereocenters. The number of rotatable bonds is 15. The third-order valence-corrected chi connectivity index (χ3v) is 6.88. The Morgan fingerprint density at radius 3 is 2.09 bits per heavy atom. The predicted molar refractivity (Wildman–Crippen MR) is 129 cm³/mol. The van der Waals surface area contributed by atoms with E-state index in [1.165, 1.54) is 23.5 Å². The molecule has 2 aromatic rings. The molecule has 174 valence electrons. The molecule has 0 spiro atoms. The van der Waals surface area contributed by atoms with Crippen LogP contribution in [-0.2, 0) is 10.0 Å². The van der Waals surface area contributed by atoms with E-state index in [4.69, 9.17) is 4.74 Å².